The lowest BCUT2D eigenvalue weighted by molar-refractivity contribution is -0.205. The highest BCUT2D eigenvalue weighted by atomic mass is 32.2. The first-order valence-corrected chi connectivity index (χ1v) is 9.55. The fourth-order valence-corrected chi connectivity index (χ4v) is 3.77. The number of ether oxygens (including phenoxy) is 2. The smallest absolute Gasteiger partial charge is 0.305 e. The van der Waals surface area contributed by atoms with Gasteiger partial charge in [0.2, 0.25) is 0 Å². The number of aliphatic hydroxyl groups is 4. The number of esters is 1. The SMILES string of the molecule is COC(=O)CCCCCCCCS[C@@H]1O[C@H](CO)[C@@H](O)[C@H](O)[C@H]1O. The lowest BCUT2D eigenvalue weighted by atomic mass is 10.0. The molecule has 142 valence electrons. The molecule has 24 heavy (non-hydrogen) atoms. The number of carbonyl (C=O) groups is 1. The Hall–Kier alpha value is -0.380. The van der Waals surface area contributed by atoms with Crippen molar-refractivity contribution < 1.29 is 34.7 Å². The van der Waals surface area contributed by atoms with E-state index in [0.717, 1.165) is 44.3 Å². The van der Waals surface area contributed by atoms with Gasteiger partial charge in [0.25, 0.3) is 0 Å². The molecule has 0 amide bonds. The average molecular weight is 366 g/mol. The molecule has 0 bridgehead atoms. The van der Waals surface area contributed by atoms with E-state index in [9.17, 15) is 20.1 Å². The molecule has 0 unspecified atom stereocenters. The number of thioether (sulfide) groups is 1. The van der Waals surface area contributed by atoms with Crippen LogP contribution in [0.15, 0.2) is 0 Å². The Balaban J connectivity index is 2.07. The highest BCUT2D eigenvalue weighted by Gasteiger charge is 2.43. The van der Waals surface area contributed by atoms with Crippen LogP contribution in [0.5, 0.6) is 0 Å². The van der Waals surface area contributed by atoms with Gasteiger partial charge >= 0.3 is 5.97 Å². The zero-order valence-electron chi connectivity index (χ0n) is 14.2. The second kappa shape index (κ2) is 12.1. The van der Waals surface area contributed by atoms with Gasteiger partial charge < -0.3 is 29.9 Å². The summed E-state index contributed by atoms with van der Waals surface area (Å²) < 4.78 is 10.0. The minimum absolute atomic E-state index is 0.161. The molecule has 1 fully saturated rings. The maximum atomic E-state index is 10.9. The summed E-state index contributed by atoms with van der Waals surface area (Å²) in [4.78, 5) is 10.9. The Kier molecular flexibility index (Phi) is 10.9. The molecule has 8 heteroatoms. The van der Waals surface area contributed by atoms with Crippen LogP contribution in [0.25, 0.3) is 0 Å². The molecule has 1 rings (SSSR count). The normalized spacial score (nSPS) is 30.3. The monoisotopic (exact) mass is 366 g/mol. The van der Waals surface area contributed by atoms with Crippen LogP contribution in [0.1, 0.15) is 44.9 Å². The summed E-state index contributed by atoms with van der Waals surface area (Å²) in [6, 6.07) is 0. The summed E-state index contributed by atoms with van der Waals surface area (Å²) in [6.45, 7) is -0.395. The number of hydrogen-bond acceptors (Lipinski definition) is 8. The molecule has 0 aromatic heterocycles. The number of methoxy groups -OCH3 is 1. The van der Waals surface area contributed by atoms with Gasteiger partial charge in [-0.1, -0.05) is 25.7 Å². The average Bonchev–Trinajstić information content (AvgIpc) is 2.59. The predicted octanol–water partition coefficient (Wildman–Crippen LogP) is 0.423. The van der Waals surface area contributed by atoms with E-state index >= 15 is 0 Å². The predicted molar refractivity (Wildman–Crippen MR) is 90.6 cm³/mol. The van der Waals surface area contributed by atoms with Gasteiger partial charge in [0, 0.05) is 6.42 Å². The van der Waals surface area contributed by atoms with Crippen LogP contribution in [0.4, 0.5) is 0 Å². The number of rotatable bonds is 11. The molecule has 0 aliphatic carbocycles. The van der Waals surface area contributed by atoms with Crippen molar-refractivity contribution in [1.82, 2.24) is 0 Å². The summed E-state index contributed by atoms with van der Waals surface area (Å²) in [6.07, 6.45) is 1.89. The summed E-state index contributed by atoms with van der Waals surface area (Å²) in [5.41, 5.74) is -0.638. The lowest BCUT2D eigenvalue weighted by Gasteiger charge is -2.39. The van der Waals surface area contributed by atoms with Crippen molar-refractivity contribution in [3.8, 4) is 0 Å². The van der Waals surface area contributed by atoms with Crippen LogP contribution in [0, 0.1) is 0 Å². The molecule has 0 aromatic rings. The van der Waals surface area contributed by atoms with E-state index in [2.05, 4.69) is 4.74 Å². The van der Waals surface area contributed by atoms with Gasteiger partial charge in [0.05, 0.1) is 13.7 Å². The largest absolute Gasteiger partial charge is 0.469 e. The van der Waals surface area contributed by atoms with Crippen LogP contribution in [-0.2, 0) is 14.3 Å². The fraction of sp³-hybridized carbons (Fsp3) is 0.938. The van der Waals surface area contributed by atoms with E-state index in [0.29, 0.717) is 6.42 Å². The topological polar surface area (TPSA) is 116 Å². The molecule has 7 nitrogen and oxygen atoms in total. The van der Waals surface area contributed by atoms with Crippen LogP contribution < -0.4 is 0 Å². The molecule has 0 spiro atoms. The molecule has 1 saturated heterocycles. The molecule has 0 aromatic carbocycles. The van der Waals surface area contributed by atoms with Gasteiger partial charge in [-0.25, -0.2) is 0 Å². The van der Waals surface area contributed by atoms with Crippen molar-refractivity contribution in [1.29, 1.82) is 0 Å². The maximum Gasteiger partial charge on any atom is 0.305 e. The maximum absolute atomic E-state index is 10.9. The molecule has 4 N–H and O–H groups in total. The van der Waals surface area contributed by atoms with Gasteiger partial charge in [-0.05, 0) is 18.6 Å². The number of hydrogen-bond donors (Lipinski definition) is 4. The first kappa shape index (κ1) is 21.7. The van der Waals surface area contributed by atoms with Crippen LogP contribution >= 0.6 is 11.8 Å². The molecule has 1 aliphatic heterocycles. The van der Waals surface area contributed by atoms with Gasteiger partial charge in [0.1, 0.15) is 29.9 Å². The van der Waals surface area contributed by atoms with E-state index < -0.39 is 36.5 Å². The van der Waals surface area contributed by atoms with E-state index in [1.807, 2.05) is 0 Å². The van der Waals surface area contributed by atoms with Crippen molar-refractivity contribution in [3.63, 3.8) is 0 Å². The van der Waals surface area contributed by atoms with Gasteiger partial charge in [0.15, 0.2) is 0 Å². The third kappa shape index (κ3) is 7.25. The summed E-state index contributed by atoms with van der Waals surface area (Å²) in [7, 11) is 1.40. The molecule has 0 radical (unpaired) electrons. The van der Waals surface area contributed by atoms with E-state index in [1.54, 1.807) is 0 Å². The molecule has 1 aliphatic rings. The third-order valence-corrected chi connectivity index (χ3v) is 5.38. The van der Waals surface area contributed by atoms with Gasteiger partial charge in [-0.15, -0.1) is 11.8 Å². The molecular formula is C16H30O7S. The van der Waals surface area contributed by atoms with E-state index in [1.165, 1.54) is 18.9 Å². The van der Waals surface area contributed by atoms with Crippen molar-refractivity contribution in [3.05, 3.63) is 0 Å². The Morgan fingerprint density at radius 3 is 2.25 bits per heavy atom. The van der Waals surface area contributed by atoms with Crippen LogP contribution in [0.2, 0.25) is 0 Å². The number of aliphatic hydroxyl groups excluding tert-OH is 4. The van der Waals surface area contributed by atoms with Crippen LogP contribution in [0.3, 0.4) is 0 Å². The fourth-order valence-electron chi connectivity index (χ4n) is 2.59. The Morgan fingerprint density at radius 1 is 1.00 bits per heavy atom. The molecule has 1 heterocycles. The summed E-state index contributed by atoms with van der Waals surface area (Å²) in [5.74, 6) is 0.608. The summed E-state index contributed by atoms with van der Waals surface area (Å²) >= 11 is 1.39. The minimum atomic E-state index is -1.30. The van der Waals surface area contributed by atoms with Crippen molar-refractivity contribution in [2.45, 2.75) is 74.8 Å². The quantitative estimate of drug-likeness (QED) is 0.307. The zero-order chi connectivity index (χ0) is 17.9. The molecular weight excluding hydrogens is 336 g/mol. The highest BCUT2D eigenvalue weighted by Crippen LogP contribution is 2.29. The minimum Gasteiger partial charge on any atom is -0.469 e. The molecule has 5 atom stereocenters. The van der Waals surface area contributed by atoms with E-state index in [4.69, 9.17) is 9.84 Å². The Morgan fingerprint density at radius 2 is 1.62 bits per heavy atom. The van der Waals surface area contributed by atoms with Crippen LogP contribution in [-0.4, -0.2) is 75.7 Å². The number of carbonyl (C=O) groups excluding carboxylic acids is 1. The van der Waals surface area contributed by atoms with Gasteiger partial charge in [-0.3, -0.25) is 4.79 Å². The first-order valence-electron chi connectivity index (χ1n) is 8.50. The third-order valence-electron chi connectivity index (χ3n) is 4.13. The molecule has 0 saturated carbocycles. The highest BCUT2D eigenvalue weighted by molar-refractivity contribution is 7.99. The van der Waals surface area contributed by atoms with Gasteiger partial charge in [-0.2, -0.15) is 0 Å². The standard InChI is InChI=1S/C16H30O7S/c1-22-12(18)8-6-4-2-3-5-7-9-24-16-15(21)14(20)13(19)11(10-17)23-16/h11,13-17,19-21H,2-10H2,1H3/t11-,13-,14+,15-,16+/m1/s1. The Bertz CT molecular complexity index is 353. The van der Waals surface area contributed by atoms with E-state index in [-0.39, 0.29) is 5.97 Å². The lowest BCUT2D eigenvalue weighted by Crippen LogP contribution is -2.57. The van der Waals surface area contributed by atoms with Crippen molar-refractivity contribution in [2.24, 2.45) is 0 Å². The van der Waals surface area contributed by atoms with Crippen molar-refractivity contribution in [2.75, 3.05) is 19.5 Å². The van der Waals surface area contributed by atoms with Crippen molar-refractivity contribution >= 4 is 17.7 Å². The summed E-state index contributed by atoms with van der Waals surface area (Å²) in [5, 5.41) is 38.5. The zero-order valence-corrected chi connectivity index (χ0v) is 15.0. The second-order valence-electron chi connectivity index (χ2n) is 6.02. The number of unbranched alkanes of at least 4 members (excludes halogenated alkanes) is 5. The second-order valence-corrected chi connectivity index (χ2v) is 7.22. The first-order chi connectivity index (χ1) is 11.5. The Labute approximate surface area is 147 Å².